The Labute approximate surface area is 131 Å². The summed E-state index contributed by atoms with van der Waals surface area (Å²) in [6.45, 7) is 3.06. The summed E-state index contributed by atoms with van der Waals surface area (Å²) in [5.74, 6) is 0.529. The Kier molecular flexibility index (Phi) is 5.47. The molecule has 1 aromatic carbocycles. The molecule has 116 valence electrons. The van der Waals surface area contributed by atoms with Crippen LogP contribution in [0.4, 0.5) is 11.6 Å². The first-order chi connectivity index (χ1) is 10.6. The lowest BCUT2D eigenvalue weighted by molar-refractivity contribution is 0.0992. The van der Waals surface area contributed by atoms with Crippen molar-refractivity contribution < 1.29 is 4.79 Å². The van der Waals surface area contributed by atoms with Crippen molar-refractivity contribution in [3.8, 4) is 0 Å². The average molecular weight is 298 g/mol. The van der Waals surface area contributed by atoms with E-state index in [4.69, 9.17) is 0 Å². The fraction of sp³-hybridized carbons (Fsp3) is 0.353. The highest BCUT2D eigenvalue weighted by Gasteiger charge is 2.14. The van der Waals surface area contributed by atoms with E-state index < -0.39 is 0 Å². The highest BCUT2D eigenvalue weighted by Crippen LogP contribution is 2.15. The van der Waals surface area contributed by atoms with Gasteiger partial charge in [-0.15, -0.1) is 0 Å². The Morgan fingerprint density at radius 1 is 1.09 bits per heavy atom. The van der Waals surface area contributed by atoms with Gasteiger partial charge in [-0.1, -0.05) is 31.5 Å². The molecule has 0 spiro atoms. The molecular formula is C17H22N4O. The number of hydrogen-bond acceptors (Lipinski definition) is 4. The SMILES string of the molecule is CCCCN(C)c1ncc(C(=O)N(C)c2ccccc2)cn1. The minimum atomic E-state index is -0.117. The Morgan fingerprint density at radius 3 is 2.32 bits per heavy atom. The second kappa shape index (κ2) is 7.54. The summed E-state index contributed by atoms with van der Waals surface area (Å²) in [4.78, 5) is 24.6. The standard InChI is InChI=1S/C17H22N4O/c1-4-5-11-20(2)17-18-12-14(13-19-17)16(22)21(3)15-9-7-6-8-10-15/h6-10,12-13H,4-5,11H2,1-3H3. The number of aromatic nitrogens is 2. The Balaban J connectivity index is 2.08. The largest absolute Gasteiger partial charge is 0.344 e. The van der Waals surface area contributed by atoms with Gasteiger partial charge >= 0.3 is 0 Å². The first-order valence-corrected chi connectivity index (χ1v) is 7.49. The molecule has 0 atom stereocenters. The second-order valence-corrected chi connectivity index (χ2v) is 5.25. The van der Waals surface area contributed by atoms with Crippen molar-refractivity contribution in [1.82, 2.24) is 9.97 Å². The van der Waals surface area contributed by atoms with E-state index in [0.29, 0.717) is 11.5 Å². The minimum absolute atomic E-state index is 0.117. The molecule has 1 heterocycles. The quantitative estimate of drug-likeness (QED) is 0.822. The molecule has 2 rings (SSSR count). The van der Waals surface area contributed by atoms with Gasteiger partial charge < -0.3 is 9.80 Å². The molecular weight excluding hydrogens is 276 g/mol. The Hall–Kier alpha value is -2.43. The zero-order chi connectivity index (χ0) is 15.9. The highest BCUT2D eigenvalue weighted by atomic mass is 16.2. The number of hydrogen-bond donors (Lipinski definition) is 0. The number of unbranched alkanes of at least 4 members (excludes halogenated alkanes) is 1. The van der Waals surface area contributed by atoms with Crippen LogP contribution < -0.4 is 9.80 Å². The van der Waals surface area contributed by atoms with E-state index in [1.54, 1.807) is 24.3 Å². The molecule has 1 amide bonds. The van der Waals surface area contributed by atoms with E-state index in [2.05, 4.69) is 16.9 Å². The van der Waals surface area contributed by atoms with Crippen LogP contribution in [0.1, 0.15) is 30.1 Å². The third kappa shape index (κ3) is 3.81. The van der Waals surface area contributed by atoms with Gasteiger partial charge in [0, 0.05) is 38.7 Å². The number of para-hydroxylation sites is 1. The van der Waals surface area contributed by atoms with E-state index in [1.807, 2.05) is 42.3 Å². The molecule has 0 aliphatic carbocycles. The molecule has 0 aliphatic rings. The number of nitrogens with zero attached hydrogens (tertiary/aromatic N) is 4. The molecule has 2 aromatic rings. The van der Waals surface area contributed by atoms with E-state index in [0.717, 1.165) is 25.1 Å². The molecule has 1 aromatic heterocycles. The molecule has 22 heavy (non-hydrogen) atoms. The maximum absolute atomic E-state index is 12.4. The van der Waals surface area contributed by atoms with E-state index in [9.17, 15) is 4.79 Å². The fourth-order valence-electron chi connectivity index (χ4n) is 2.09. The average Bonchev–Trinajstić information content (AvgIpc) is 2.59. The predicted molar refractivity (Wildman–Crippen MR) is 89.4 cm³/mol. The normalized spacial score (nSPS) is 10.3. The van der Waals surface area contributed by atoms with Crippen molar-refractivity contribution in [2.75, 3.05) is 30.4 Å². The highest BCUT2D eigenvalue weighted by molar-refractivity contribution is 6.05. The van der Waals surface area contributed by atoms with Gasteiger partial charge in [-0.3, -0.25) is 4.79 Å². The number of amides is 1. The van der Waals surface area contributed by atoms with Crippen LogP contribution in [0.5, 0.6) is 0 Å². The second-order valence-electron chi connectivity index (χ2n) is 5.25. The molecule has 0 radical (unpaired) electrons. The zero-order valence-electron chi connectivity index (χ0n) is 13.4. The van der Waals surface area contributed by atoms with Crippen LogP contribution in [0, 0.1) is 0 Å². The summed E-state index contributed by atoms with van der Waals surface area (Å²) in [6, 6.07) is 9.52. The molecule has 5 nitrogen and oxygen atoms in total. The van der Waals surface area contributed by atoms with E-state index in [1.165, 1.54) is 0 Å². The van der Waals surface area contributed by atoms with Crippen LogP contribution in [0.15, 0.2) is 42.7 Å². The zero-order valence-corrected chi connectivity index (χ0v) is 13.4. The van der Waals surface area contributed by atoms with Crippen LogP contribution in [0.3, 0.4) is 0 Å². The van der Waals surface area contributed by atoms with E-state index in [-0.39, 0.29) is 5.91 Å². The lowest BCUT2D eigenvalue weighted by atomic mass is 10.2. The number of carbonyl (C=O) groups excluding carboxylic acids is 1. The molecule has 0 aliphatic heterocycles. The Bertz CT molecular complexity index is 598. The van der Waals surface area contributed by atoms with Gasteiger partial charge in [-0.25, -0.2) is 9.97 Å². The topological polar surface area (TPSA) is 49.3 Å². The summed E-state index contributed by atoms with van der Waals surface area (Å²) in [5, 5.41) is 0. The lowest BCUT2D eigenvalue weighted by Crippen LogP contribution is -2.27. The minimum Gasteiger partial charge on any atom is -0.344 e. The number of benzene rings is 1. The first-order valence-electron chi connectivity index (χ1n) is 7.49. The lowest BCUT2D eigenvalue weighted by Gasteiger charge is -2.18. The molecule has 0 unspecified atom stereocenters. The monoisotopic (exact) mass is 298 g/mol. The molecule has 0 saturated heterocycles. The number of rotatable bonds is 6. The maximum atomic E-state index is 12.4. The predicted octanol–water partition coefficient (Wildman–Crippen LogP) is 2.99. The maximum Gasteiger partial charge on any atom is 0.261 e. The molecule has 0 N–H and O–H groups in total. The van der Waals surface area contributed by atoms with Gasteiger partial charge in [0.2, 0.25) is 5.95 Å². The van der Waals surface area contributed by atoms with Gasteiger partial charge in [-0.05, 0) is 18.6 Å². The molecule has 0 bridgehead atoms. The number of carbonyl (C=O) groups is 1. The van der Waals surface area contributed by atoms with Crippen LogP contribution in [-0.4, -0.2) is 36.5 Å². The van der Waals surface area contributed by atoms with Gasteiger partial charge in [0.1, 0.15) is 0 Å². The van der Waals surface area contributed by atoms with Crippen LogP contribution >= 0.6 is 0 Å². The van der Waals surface area contributed by atoms with Crippen LogP contribution in [-0.2, 0) is 0 Å². The third-order valence-electron chi connectivity index (χ3n) is 3.52. The van der Waals surface area contributed by atoms with Crippen molar-refractivity contribution in [2.24, 2.45) is 0 Å². The molecule has 0 saturated carbocycles. The van der Waals surface area contributed by atoms with Gasteiger partial charge in [-0.2, -0.15) is 0 Å². The summed E-state index contributed by atoms with van der Waals surface area (Å²) in [5.41, 5.74) is 1.33. The summed E-state index contributed by atoms with van der Waals surface area (Å²) in [7, 11) is 3.71. The smallest absolute Gasteiger partial charge is 0.261 e. The Morgan fingerprint density at radius 2 is 1.73 bits per heavy atom. The fourth-order valence-corrected chi connectivity index (χ4v) is 2.09. The van der Waals surface area contributed by atoms with Crippen LogP contribution in [0.25, 0.3) is 0 Å². The van der Waals surface area contributed by atoms with Gasteiger partial charge in [0.25, 0.3) is 5.91 Å². The van der Waals surface area contributed by atoms with Crippen molar-refractivity contribution in [3.63, 3.8) is 0 Å². The third-order valence-corrected chi connectivity index (χ3v) is 3.52. The van der Waals surface area contributed by atoms with Crippen molar-refractivity contribution in [3.05, 3.63) is 48.3 Å². The summed E-state index contributed by atoms with van der Waals surface area (Å²) in [6.07, 6.45) is 5.40. The molecule has 5 heteroatoms. The summed E-state index contributed by atoms with van der Waals surface area (Å²) >= 11 is 0. The van der Waals surface area contributed by atoms with Gasteiger partial charge in [0.05, 0.1) is 5.56 Å². The molecule has 0 fully saturated rings. The van der Waals surface area contributed by atoms with Crippen molar-refractivity contribution in [2.45, 2.75) is 19.8 Å². The van der Waals surface area contributed by atoms with Crippen molar-refractivity contribution >= 4 is 17.5 Å². The van der Waals surface area contributed by atoms with Crippen molar-refractivity contribution in [1.29, 1.82) is 0 Å². The summed E-state index contributed by atoms with van der Waals surface area (Å²) < 4.78 is 0. The number of anilines is 2. The van der Waals surface area contributed by atoms with Gasteiger partial charge in [0.15, 0.2) is 0 Å². The first kappa shape index (κ1) is 15.9. The van der Waals surface area contributed by atoms with Crippen LogP contribution in [0.2, 0.25) is 0 Å². The van der Waals surface area contributed by atoms with E-state index >= 15 is 0 Å².